The van der Waals surface area contributed by atoms with Crippen LogP contribution in [0.15, 0.2) is 12.1 Å². The third kappa shape index (κ3) is 2.52. The van der Waals surface area contributed by atoms with E-state index in [4.69, 9.17) is 21.1 Å². The maximum atomic E-state index is 11.8. The lowest BCUT2D eigenvalue weighted by molar-refractivity contribution is 0.171. The highest BCUT2D eigenvalue weighted by atomic mass is 35.5. The third-order valence-corrected chi connectivity index (χ3v) is 5.40. The number of hydrogen-bond acceptors (Lipinski definition) is 4. The zero-order valence-electron chi connectivity index (χ0n) is 10.3. The minimum atomic E-state index is -3.10. The van der Waals surface area contributed by atoms with E-state index in [0.29, 0.717) is 49.2 Å². The molecule has 5 nitrogen and oxygen atoms in total. The lowest BCUT2D eigenvalue weighted by Gasteiger charge is -2.21. The fourth-order valence-corrected chi connectivity index (χ4v) is 4.12. The molecule has 0 bridgehead atoms. The van der Waals surface area contributed by atoms with Crippen molar-refractivity contribution in [1.29, 1.82) is 0 Å². The van der Waals surface area contributed by atoms with Crippen LogP contribution in [-0.4, -0.2) is 38.2 Å². The number of hydrogen-bond donors (Lipinski definition) is 0. The molecule has 0 aliphatic carbocycles. The van der Waals surface area contributed by atoms with Gasteiger partial charge >= 0.3 is 0 Å². The third-order valence-electron chi connectivity index (χ3n) is 3.22. The van der Waals surface area contributed by atoms with E-state index in [1.807, 2.05) is 0 Å². The molecule has 0 radical (unpaired) electrons. The molecule has 0 N–H and O–H groups in total. The molecule has 0 atom stereocenters. The molecule has 0 unspecified atom stereocenters. The van der Waals surface area contributed by atoms with Crippen LogP contribution in [0.25, 0.3) is 0 Å². The van der Waals surface area contributed by atoms with E-state index in [1.165, 1.54) is 4.31 Å². The van der Waals surface area contributed by atoms with Crippen molar-refractivity contribution in [3.63, 3.8) is 0 Å². The molecule has 2 heterocycles. The van der Waals surface area contributed by atoms with Crippen LogP contribution in [0.2, 0.25) is 5.02 Å². The molecule has 7 heteroatoms. The predicted molar refractivity (Wildman–Crippen MR) is 71.3 cm³/mol. The van der Waals surface area contributed by atoms with Gasteiger partial charge in [0.05, 0.1) is 10.8 Å². The summed E-state index contributed by atoms with van der Waals surface area (Å²) in [4.78, 5) is 0. The van der Waals surface area contributed by atoms with Crippen molar-refractivity contribution in [2.45, 2.75) is 13.0 Å². The summed E-state index contributed by atoms with van der Waals surface area (Å²) < 4.78 is 35.9. The van der Waals surface area contributed by atoms with Crippen molar-refractivity contribution in [1.82, 2.24) is 4.31 Å². The molecule has 0 saturated carbocycles. The minimum absolute atomic E-state index is 0.227. The summed E-state index contributed by atoms with van der Waals surface area (Å²) >= 11 is 6.13. The highest BCUT2D eigenvalue weighted by Gasteiger charge is 2.28. The van der Waals surface area contributed by atoms with Crippen LogP contribution in [0.3, 0.4) is 0 Å². The average molecular weight is 304 g/mol. The van der Waals surface area contributed by atoms with Gasteiger partial charge in [-0.2, -0.15) is 4.31 Å². The minimum Gasteiger partial charge on any atom is -0.486 e. The first-order valence-corrected chi connectivity index (χ1v) is 8.11. The molecule has 1 saturated heterocycles. The summed E-state index contributed by atoms with van der Waals surface area (Å²) in [6.07, 6.45) is 0.681. The van der Waals surface area contributed by atoms with E-state index in [2.05, 4.69) is 0 Å². The standard InChI is InChI=1S/C12H14ClNO4S/c13-10-6-9(7-11-12(10)18-4-3-17-11)8-14-2-1-5-19(14,15)16/h6-7H,1-5,8H2. The largest absolute Gasteiger partial charge is 0.486 e. The monoisotopic (exact) mass is 303 g/mol. The molecular weight excluding hydrogens is 290 g/mol. The van der Waals surface area contributed by atoms with E-state index in [-0.39, 0.29) is 5.75 Å². The molecule has 0 spiro atoms. The Morgan fingerprint density at radius 3 is 2.79 bits per heavy atom. The van der Waals surface area contributed by atoms with Gasteiger partial charge in [-0.3, -0.25) is 0 Å². The quantitative estimate of drug-likeness (QED) is 0.833. The summed E-state index contributed by atoms with van der Waals surface area (Å²) in [5, 5.41) is 0.462. The molecule has 0 amide bonds. The molecular formula is C12H14ClNO4S. The number of sulfonamides is 1. The van der Waals surface area contributed by atoms with Crippen LogP contribution < -0.4 is 9.47 Å². The Balaban J connectivity index is 1.88. The molecule has 1 fully saturated rings. The highest BCUT2D eigenvalue weighted by Crippen LogP contribution is 2.38. The molecule has 1 aromatic rings. The smallest absolute Gasteiger partial charge is 0.214 e. The van der Waals surface area contributed by atoms with Crippen molar-refractivity contribution < 1.29 is 17.9 Å². The second kappa shape index (κ2) is 4.85. The van der Waals surface area contributed by atoms with Gasteiger partial charge in [-0.15, -0.1) is 0 Å². The fraction of sp³-hybridized carbons (Fsp3) is 0.500. The molecule has 3 rings (SSSR count). The van der Waals surface area contributed by atoms with Gasteiger partial charge in [0.15, 0.2) is 11.5 Å². The van der Waals surface area contributed by atoms with Gasteiger partial charge in [-0.05, 0) is 24.1 Å². The fourth-order valence-electron chi connectivity index (χ4n) is 2.33. The van der Waals surface area contributed by atoms with Crippen LogP contribution in [0.1, 0.15) is 12.0 Å². The van der Waals surface area contributed by atoms with Crippen molar-refractivity contribution in [2.24, 2.45) is 0 Å². The Hall–Kier alpha value is -0.980. The van der Waals surface area contributed by atoms with Gasteiger partial charge < -0.3 is 9.47 Å². The number of benzene rings is 1. The molecule has 104 valence electrons. The van der Waals surface area contributed by atoms with E-state index in [1.54, 1.807) is 12.1 Å². The van der Waals surface area contributed by atoms with Crippen molar-refractivity contribution >= 4 is 21.6 Å². The molecule has 0 aromatic heterocycles. The van der Waals surface area contributed by atoms with Crippen LogP contribution in [0.5, 0.6) is 11.5 Å². The van der Waals surface area contributed by atoms with Gasteiger partial charge in [0.1, 0.15) is 13.2 Å². The van der Waals surface area contributed by atoms with E-state index >= 15 is 0 Å². The van der Waals surface area contributed by atoms with Gasteiger partial charge in [0.25, 0.3) is 0 Å². The van der Waals surface area contributed by atoms with Gasteiger partial charge in [0, 0.05) is 13.1 Å². The number of fused-ring (bicyclic) bond motifs is 1. The van der Waals surface area contributed by atoms with Gasteiger partial charge in [0.2, 0.25) is 10.0 Å². The second-order valence-electron chi connectivity index (χ2n) is 4.60. The van der Waals surface area contributed by atoms with Crippen molar-refractivity contribution in [3.05, 3.63) is 22.7 Å². The lowest BCUT2D eigenvalue weighted by Crippen LogP contribution is -2.25. The van der Waals surface area contributed by atoms with E-state index in [0.717, 1.165) is 5.56 Å². The normalized spacial score (nSPS) is 21.5. The maximum absolute atomic E-state index is 11.8. The first kappa shape index (κ1) is 13.0. The molecule has 19 heavy (non-hydrogen) atoms. The first-order valence-electron chi connectivity index (χ1n) is 6.12. The SMILES string of the molecule is O=S1(=O)CCCN1Cc1cc(Cl)c2c(c1)OCCO2. The highest BCUT2D eigenvalue weighted by molar-refractivity contribution is 7.89. The first-order chi connectivity index (χ1) is 9.06. The lowest BCUT2D eigenvalue weighted by atomic mass is 10.2. The van der Waals surface area contributed by atoms with E-state index in [9.17, 15) is 8.42 Å². The predicted octanol–water partition coefficient (Wildman–Crippen LogP) is 1.65. The summed E-state index contributed by atoms with van der Waals surface area (Å²) in [7, 11) is -3.10. The van der Waals surface area contributed by atoms with Crippen molar-refractivity contribution in [2.75, 3.05) is 25.5 Å². The number of rotatable bonds is 2. The van der Waals surface area contributed by atoms with Gasteiger partial charge in [-0.25, -0.2) is 8.42 Å². The number of ether oxygens (including phenoxy) is 2. The summed E-state index contributed by atoms with van der Waals surface area (Å²) in [5.41, 5.74) is 0.819. The summed E-state index contributed by atoms with van der Waals surface area (Å²) in [6, 6.07) is 3.54. The molecule has 1 aromatic carbocycles. The zero-order valence-corrected chi connectivity index (χ0v) is 11.8. The zero-order chi connectivity index (χ0) is 13.5. The second-order valence-corrected chi connectivity index (χ2v) is 7.10. The molecule has 2 aliphatic rings. The van der Waals surface area contributed by atoms with Gasteiger partial charge in [-0.1, -0.05) is 11.6 Å². The van der Waals surface area contributed by atoms with Crippen LogP contribution in [0, 0.1) is 0 Å². The summed E-state index contributed by atoms with van der Waals surface area (Å²) in [6.45, 7) is 1.86. The Bertz CT molecular complexity index is 602. The number of nitrogens with zero attached hydrogens (tertiary/aromatic N) is 1. The Morgan fingerprint density at radius 1 is 1.26 bits per heavy atom. The summed E-state index contributed by atoms with van der Waals surface area (Å²) in [5.74, 6) is 1.36. The molecule has 2 aliphatic heterocycles. The topological polar surface area (TPSA) is 55.8 Å². The van der Waals surface area contributed by atoms with Crippen LogP contribution in [-0.2, 0) is 16.6 Å². The number of halogens is 1. The van der Waals surface area contributed by atoms with Crippen LogP contribution in [0.4, 0.5) is 0 Å². The Labute approximate surface area is 117 Å². The Kier molecular flexibility index (Phi) is 3.32. The Morgan fingerprint density at radius 2 is 2.05 bits per heavy atom. The van der Waals surface area contributed by atoms with Crippen LogP contribution >= 0.6 is 11.6 Å². The van der Waals surface area contributed by atoms with E-state index < -0.39 is 10.0 Å². The maximum Gasteiger partial charge on any atom is 0.214 e. The average Bonchev–Trinajstić information content (AvgIpc) is 2.69. The van der Waals surface area contributed by atoms with Crippen molar-refractivity contribution in [3.8, 4) is 11.5 Å².